The van der Waals surface area contributed by atoms with Crippen molar-refractivity contribution in [3.05, 3.63) is 35.9 Å². The molecule has 0 aromatic heterocycles. The van der Waals surface area contributed by atoms with E-state index in [1.165, 1.54) is 7.11 Å². The molecule has 0 heterocycles. The molecule has 4 nitrogen and oxygen atoms in total. The fourth-order valence-electron chi connectivity index (χ4n) is 2.26. The Bertz CT molecular complexity index is 511. The minimum Gasteiger partial charge on any atom is -0.468 e. The van der Waals surface area contributed by atoms with Crippen molar-refractivity contribution in [1.82, 2.24) is 5.32 Å². The Hall–Kier alpha value is -1.17. The van der Waals surface area contributed by atoms with Gasteiger partial charge in [-0.05, 0) is 30.1 Å². The molecule has 0 spiro atoms. The second-order valence-corrected chi connectivity index (χ2v) is 12.4. The standard InChI is InChI=1S/C19H33NO3Si/c1-8-16(23-24(6,7)19(2,3)4)17(18(21)22-5)20-14-15-12-10-9-11-13-15/h9-13,16-17,20H,8,14H2,1-7H3. The molecule has 0 aliphatic heterocycles. The molecule has 24 heavy (non-hydrogen) atoms. The van der Waals surface area contributed by atoms with E-state index in [-0.39, 0.29) is 17.1 Å². The minimum atomic E-state index is -1.97. The maximum atomic E-state index is 12.3. The molecular weight excluding hydrogens is 318 g/mol. The number of carbonyl (C=O) groups is 1. The number of rotatable bonds is 8. The number of benzene rings is 1. The van der Waals surface area contributed by atoms with Gasteiger partial charge in [0.1, 0.15) is 6.04 Å². The molecule has 0 bridgehead atoms. The van der Waals surface area contributed by atoms with Gasteiger partial charge in [0.05, 0.1) is 13.2 Å². The zero-order valence-corrected chi connectivity index (χ0v) is 17.2. The molecule has 1 N–H and O–H groups in total. The van der Waals surface area contributed by atoms with Crippen LogP contribution in [0.25, 0.3) is 0 Å². The van der Waals surface area contributed by atoms with Crippen molar-refractivity contribution in [1.29, 1.82) is 0 Å². The van der Waals surface area contributed by atoms with Crippen molar-refractivity contribution >= 4 is 14.3 Å². The Balaban J connectivity index is 2.89. The summed E-state index contributed by atoms with van der Waals surface area (Å²) in [6.45, 7) is 13.7. The summed E-state index contributed by atoms with van der Waals surface area (Å²) in [5, 5.41) is 3.43. The minimum absolute atomic E-state index is 0.0977. The van der Waals surface area contributed by atoms with E-state index in [2.05, 4.69) is 46.1 Å². The van der Waals surface area contributed by atoms with Crippen molar-refractivity contribution in [3.63, 3.8) is 0 Å². The van der Waals surface area contributed by atoms with Crippen LogP contribution in [0.3, 0.4) is 0 Å². The lowest BCUT2D eigenvalue weighted by Crippen LogP contribution is -2.53. The van der Waals surface area contributed by atoms with Crippen molar-refractivity contribution < 1.29 is 14.0 Å². The predicted octanol–water partition coefficient (Wildman–Crippen LogP) is 4.12. The van der Waals surface area contributed by atoms with E-state index in [0.717, 1.165) is 12.0 Å². The van der Waals surface area contributed by atoms with Crippen LogP contribution < -0.4 is 5.32 Å². The largest absolute Gasteiger partial charge is 0.468 e. The van der Waals surface area contributed by atoms with Crippen LogP contribution in [0.15, 0.2) is 30.3 Å². The van der Waals surface area contributed by atoms with Crippen LogP contribution in [-0.4, -0.2) is 33.5 Å². The lowest BCUT2D eigenvalue weighted by Gasteiger charge is -2.40. The molecule has 0 aliphatic carbocycles. The summed E-state index contributed by atoms with van der Waals surface area (Å²) in [6.07, 6.45) is 0.565. The summed E-state index contributed by atoms with van der Waals surface area (Å²) in [4.78, 5) is 12.3. The van der Waals surface area contributed by atoms with Crippen LogP contribution in [0, 0.1) is 0 Å². The third kappa shape index (κ3) is 5.72. The third-order valence-electron chi connectivity index (χ3n) is 4.85. The zero-order chi connectivity index (χ0) is 18.4. The SMILES string of the molecule is CCC(O[Si](C)(C)C(C)(C)C)C(NCc1ccccc1)C(=O)OC. The van der Waals surface area contributed by atoms with Gasteiger partial charge >= 0.3 is 5.97 Å². The van der Waals surface area contributed by atoms with Crippen molar-refractivity contribution in [3.8, 4) is 0 Å². The first kappa shape index (κ1) is 20.9. The van der Waals surface area contributed by atoms with Crippen LogP contribution in [0.5, 0.6) is 0 Å². The van der Waals surface area contributed by atoms with Gasteiger partial charge in [-0.15, -0.1) is 0 Å². The van der Waals surface area contributed by atoms with Gasteiger partial charge in [0.2, 0.25) is 0 Å². The Morgan fingerprint density at radius 3 is 2.25 bits per heavy atom. The number of hydrogen-bond donors (Lipinski definition) is 1. The van der Waals surface area contributed by atoms with Crippen molar-refractivity contribution in [2.24, 2.45) is 0 Å². The quantitative estimate of drug-likeness (QED) is 0.565. The molecule has 1 aromatic carbocycles. The molecule has 0 aliphatic rings. The topological polar surface area (TPSA) is 47.6 Å². The van der Waals surface area contributed by atoms with Gasteiger partial charge in [0.15, 0.2) is 8.32 Å². The summed E-state index contributed by atoms with van der Waals surface area (Å²) < 4.78 is 11.5. The molecule has 2 unspecified atom stereocenters. The molecule has 1 rings (SSSR count). The first-order chi connectivity index (χ1) is 11.1. The highest BCUT2D eigenvalue weighted by Crippen LogP contribution is 2.38. The first-order valence-corrected chi connectivity index (χ1v) is 11.6. The van der Waals surface area contributed by atoms with E-state index in [0.29, 0.717) is 6.54 Å². The van der Waals surface area contributed by atoms with E-state index in [1.807, 2.05) is 30.3 Å². The van der Waals surface area contributed by atoms with E-state index < -0.39 is 14.4 Å². The first-order valence-electron chi connectivity index (χ1n) is 8.65. The van der Waals surface area contributed by atoms with E-state index in [4.69, 9.17) is 9.16 Å². The number of hydrogen-bond acceptors (Lipinski definition) is 4. The van der Waals surface area contributed by atoms with Gasteiger partial charge in [-0.3, -0.25) is 10.1 Å². The summed E-state index contributed by atoms with van der Waals surface area (Å²) in [5.74, 6) is -0.267. The smallest absolute Gasteiger partial charge is 0.325 e. The highest BCUT2D eigenvalue weighted by atomic mass is 28.4. The van der Waals surface area contributed by atoms with E-state index in [9.17, 15) is 4.79 Å². The average Bonchev–Trinajstić information content (AvgIpc) is 2.53. The van der Waals surface area contributed by atoms with Gasteiger partial charge in [-0.1, -0.05) is 58.0 Å². The van der Waals surface area contributed by atoms with Gasteiger partial charge < -0.3 is 9.16 Å². The second kappa shape index (κ2) is 8.79. The molecule has 136 valence electrons. The highest BCUT2D eigenvalue weighted by molar-refractivity contribution is 6.74. The Kier molecular flexibility index (Phi) is 7.64. The molecule has 2 atom stereocenters. The van der Waals surface area contributed by atoms with Crippen molar-refractivity contribution in [2.75, 3.05) is 7.11 Å². The van der Waals surface area contributed by atoms with Gasteiger partial charge in [-0.2, -0.15) is 0 Å². The normalized spacial score (nSPS) is 15.0. The van der Waals surface area contributed by atoms with Crippen LogP contribution >= 0.6 is 0 Å². The second-order valence-electron chi connectivity index (χ2n) is 7.69. The summed E-state index contributed by atoms with van der Waals surface area (Å²) >= 11 is 0. The number of esters is 1. The zero-order valence-electron chi connectivity index (χ0n) is 16.2. The highest BCUT2D eigenvalue weighted by Gasteiger charge is 2.41. The molecule has 0 radical (unpaired) electrons. The monoisotopic (exact) mass is 351 g/mol. The molecule has 1 aromatic rings. The lowest BCUT2D eigenvalue weighted by atomic mass is 10.1. The molecule has 0 saturated heterocycles. The van der Waals surface area contributed by atoms with E-state index >= 15 is 0 Å². The summed E-state index contributed by atoms with van der Waals surface area (Å²) in [7, 11) is -0.537. The van der Waals surface area contributed by atoms with E-state index in [1.54, 1.807) is 0 Å². The van der Waals surface area contributed by atoms with Gasteiger partial charge in [-0.25, -0.2) is 0 Å². The molecule has 0 amide bonds. The molecular formula is C19H33NO3Si. The maximum Gasteiger partial charge on any atom is 0.325 e. The number of methoxy groups -OCH3 is 1. The fraction of sp³-hybridized carbons (Fsp3) is 0.632. The van der Waals surface area contributed by atoms with Gasteiger partial charge in [0.25, 0.3) is 0 Å². The number of nitrogens with one attached hydrogen (secondary N) is 1. The van der Waals surface area contributed by atoms with Crippen molar-refractivity contribution in [2.45, 2.75) is 70.9 Å². The lowest BCUT2D eigenvalue weighted by molar-refractivity contribution is -0.146. The summed E-state index contributed by atoms with van der Waals surface area (Å²) in [6, 6.07) is 9.58. The van der Waals surface area contributed by atoms with Crippen LogP contribution in [0.2, 0.25) is 18.1 Å². The maximum absolute atomic E-state index is 12.3. The van der Waals surface area contributed by atoms with Crippen LogP contribution in [0.1, 0.15) is 39.7 Å². The van der Waals surface area contributed by atoms with Crippen LogP contribution in [-0.2, 0) is 20.5 Å². The molecule has 5 heteroatoms. The molecule has 0 saturated carbocycles. The molecule has 0 fully saturated rings. The number of ether oxygens (including phenoxy) is 1. The Labute approximate surface area is 148 Å². The van der Waals surface area contributed by atoms with Gasteiger partial charge in [0, 0.05) is 6.54 Å². The fourth-order valence-corrected chi connectivity index (χ4v) is 3.67. The third-order valence-corrected chi connectivity index (χ3v) is 9.35. The Morgan fingerprint density at radius 2 is 1.79 bits per heavy atom. The number of carbonyl (C=O) groups excluding carboxylic acids is 1. The Morgan fingerprint density at radius 1 is 1.21 bits per heavy atom. The predicted molar refractivity (Wildman–Crippen MR) is 101 cm³/mol. The summed E-state index contributed by atoms with van der Waals surface area (Å²) in [5.41, 5.74) is 1.13. The average molecular weight is 352 g/mol. The van der Waals surface area contributed by atoms with Crippen LogP contribution in [0.4, 0.5) is 0 Å².